The summed E-state index contributed by atoms with van der Waals surface area (Å²) in [5.41, 5.74) is 1.06. The first-order valence-electron chi connectivity index (χ1n) is 5.76. The van der Waals surface area contributed by atoms with Crippen LogP contribution < -0.4 is 5.32 Å². The molecule has 0 radical (unpaired) electrons. The van der Waals surface area contributed by atoms with Gasteiger partial charge in [0.15, 0.2) is 0 Å². The first kappa shape index (κ1) is 12.2. The van der Waals surface area contributed by atoms with Crippen molar-refractivity contribution >= 4 is 11.3 Å². The Balaban J connectivity index is 2.02. The molecule has 2 atom stereocenters. The molecule has 0 aliphatic heterocycles. The molecule has 0 amide bonds. The number of hydrogen-bond acceptors (Lipinski definition) is 4. The van der Waals surface area contributed by atoms with Gasteiger partial charge >= 0.3 is 0 Å². The predicted octanol–water partition coefficient (Wildman–Crippen LogP) is 3.26. The fourth-order valence-electron chi connectivity index (χ4n) is 1.74. The summed E-state index contributed by atoms with van der Waals surface area (Å²) in [6, 6.07) is 6.47. The van der Waals surface area contributed by atoms with Crippen LogP contribution in [0.3, 0.4) is 0 Å². The molecule has 0 aromatic carbocycles. The summed E-state index contributed by atoms with van der Waals surface area (Å²) in [6.07, 6.45) is 3.75. The first-order chi connectivity index (χ1) is 8.16. The Kier molecular flexibility index (Phi) is 3.86. The van der Waals surface area contributed by atoms with Gasteiger partial charge in [0.05, 0.1) is 11.7 Å². The quantitative estimate of drug-likeness (QED) is 0.901. The third-order valence-electron chi connectivity index (χ3n) is 2.64. The fraction of sp³-hybridized carbons (Fsp3) is 0.385. The van der Waals surface area contributed by atoms with Crippen molar-refractivity contribution in [1.29, 1.82) is 0 Å². The van der Waals surface area contributed by atoms with Crippen molar-refractivity contribution in [3.63, 3.8) is 0 Å². The number of thiazole rings is 1. The van der Waals surface area contributed by atoms with Gasteiger partial charge in [-0.25, -0.2) is 4.98 Å². The van der Waals surface area contributed by atoms with Crippen LogP contribution in [0.5, 0.6) is 0 Å². The Morgan fingerprint density at radius 2 is 2.00 bits per heavy atom. The van der Waals surface area contributed by atoms with E-state index in [9.17, 15) is 0 Å². The molecule has 0 spiro atoms. The molecular formula is C13H17N3S. The highest BCUT2D eigenvalue weighted by Crippen LogP contribution is 2.21. The van der Waals surface area contributed by atoms with Gasteiger partial charge in [0, 0.05) is 23.3 Å². The molecule has 0 fully saturated rings. The van der Waals surface area contributed by atoms with Gasteiger partial charge in [-0.2, -0.15) is 0 Å². The van der Waals surface area contributed by atoms with Crippen molar-refractivity contribution in [3.8, 4) is 0 Å². The minimum Gasteiger partial charge on any atom is -0.300 e. The minimum absolute atomic E-state index is 0.232. The Morgan fingerprint density at radius 3 is 2.59 bits per heavy atom. The molecule has 2 aromatic rings. The monoisotopic (exact) mass is 247 g/mol. The second-order valence-corrected chi connectivity index (χ2v) is 5.44. The average molecular weight is 247 g/mol. The van der Waals surface area contributed by atoms with E-state index in [2.05, 4.69) is 36.1 Å². The zero-order valence-electron chi connectivity index (χ0n) is 10.3. The van der Waals surface area contributed by atoms with Gasteiger partial charge in [-0.15, -0.1) is 11.3 Å². The summed E-state index contributed by atoms with van der Waals surface area (Å²) in [5.74, 6) is 0. The SMILES string of the molecule is Cc1cnc(C(C)NC(C)c2ccccn2)s1. The molecule has 90 valence electrons. The zero-order valence-corrected chi connectivity index (χ0v) is 11.2. The number of aromatic nitrogens is 2. The highest BCUT2D eigenvalue weighted by molar-refractivity contribution is 7.11. The molecule has 0 bridgehead atoms. The predicted molar refractivity (Wildman–Crippen MR) is 71.1 cm³/mol. The molecule has 4 heteroatoms. The number of aryl methyl sites for hydroxylation is 1. The topological polar surface area (TPSA) is 37.8 Å². The van der Waals surface area contributed by atoms with E-state index >= 15 is 0 Å². The van der Waals surface area contributed by atoms with Gasteiger partial charge in [-0.05, 0) is 32.9 Å². The molecule has 0 saturated carbocycles. The van der Waals surface area contributed by atoms with Gasteiger partial charge < -0.3 is 5.32 Å². The molecule has 0 saturated heterocycles. The maximum atomic E-state index is 4.40. The molecule has 2 unspecified atom stereocenters. The normalized spacial score (nSPS) is 14.5. The Morgan fingerprint density at radius 1 is 1.18 bits per heavy atom. The van der Waals surface area contributed by atoms with Crippen molar-refractivity contribution in [2.75, 3.05) is 0 Å². The van der Waals surface area contributed by atoms with E-state index < -0.39 is 0 Å². The highest BCUT2D eigenvalue weighted by Gasteiger charge is 2.14. The summed E-state index contributed by atoms with van der Waals surface area (Å²) >= 11 is 1.74. The lowest BCUT2D eigenvalue weighted by molar-refractivity contribution is 0.485. The Labute approximate surface area is 106 Å². The third kappa shape index (κ3) is 3.11. The molecule has 0 aliphatic carbocycles. The number of pyridine rings is 1. The lowest BCUT2D eigenvalue weighted by Gasteiger charge is -2.17. The van der Waals surface area contributed by atoms with E-state index in [0.717, 1.165) is 10.7 Å². The van der Waals surface area contributed by atoms with Gasteiger partial charge in [0.2, 0.25) is 0 Å². The van der Waals surface area contributed by atoms with Gasteiger partial charge in [0.25, 0.3) is 0 Å². The van der Waals surface area contributed by atoms with Crippen LogP contribution in [-0.4, -0.2) is 9.97 Å². The molecule has 0 aliphatic rings. The number of hydrogen-bond donors (Lipinski definition) is 1. The lowest BCUT2D eigenvalue weighted by atomic mass is 10.2. The van der Waals surface area contributed by atoms with Crippen LogP contribution in [0.15, 0.2) is 30.6 Å². The van der Waals surface area contributed by atoms with Crippen LogP contribution in [0.25, 0.3) is 0 Å². The molecule has 2 rings (SSSR count). The summed E-state index contributed by atoms with van der Waals surface area (Å²) < 4.78 is 0. The maximum Gasteiger partial charge on any atom is 0.109 e. The number of rotatable bonds is 4. The summed E-state index contributed by atoms with van der Waals surface area (Å²) in [6.45, 7) is 6.34. The molecular weight excluding hydrogens is 230 g/mol. The second kappa shape index (κ2) is 5.38. The van der Waals surface area contributed by atoms with Crippen molar-refractivity contribution in [2.24, 2.45) is 0 Å². The fourth-order valence-corrected chi connectivity index (χ4v) is 2.52. The van der Waals surface area contributed by atoms with Gasteiger partial charge in [0.1, 0.15) is 5.01 Å². The largest absolute Gasteiger partial charge is 0.300 e. The van der Waals surface area contributed by atoms with E-state index in [1.54, 1.807) is 11.3 Å². The van der Waals surface area contributed by atoms with Crippen LogP contribution in [-0.2, 0) is 0 Å². The minimum atomic E-state index is 0.232. The Hall–Kier alpha value is -1.26. The molecule has 2 aromatic heterocycles. The smallest absolute Gasteiger partial charge is 0.109 e. The van der Waals surface area contributed by atoms with E-state index in [-0.39, 0.29) is 12.1 Å². The number of nitrogens with one attached hydrogen (secondary N) is 1. The lowest BCUT2D eigenvalue weighted by Crippen LogP contribution is -2.23. The van der Waals surface area contributed by atoms with Crippen LogP contribution in [0.4, 0.5) is 0 Å². The average Bonchev–Trinajstić information content (AvgIpc) is 2.77. The third-order valence-corrected chi connectivity index (χ3v) is 3.74. The zero-order chi connectivity index (χ0) is 12.3. The Bertz CT molecular complexity index is 467. The summed E-state index contributed by atoms with van der Waals surface area (Å²) in [4.78, 5) is 10.00. The van der Waals surface area contributed by atoms with E-state index in [1.807, 2.05) is 30.6 Å². The summed E-state index contributed by atoms with van der Waals surface area (Å²) in [5, 5.41) is 4.64. The standard InChI is InChI=1S/C13H17N3S/c1-9-8-15-13(17-9)11(3)16-10(2)12-6-4-5-7-14-12/h4-8,10-11,16H,1-3H3. The highest BCUT2D eigenvalue weighted by atomic mass is 32.1. The van der Waals surface area contributed by atoms with Crippen LogP contribution >= 0.6 is 11.3 Å². The van der Waals surface area contributed by atoms with Gasteiger partial charge in [-0.1, -0.05) is 6.07 Å². The van der Waals surface area contributed by atoms with Crippen LogP contribution in [0, 0.1) is 6.92 Å². The van der Waals surface area contributed by atoms with Gasteiger partial charge in [-0.3, -0.25) is 4.98 Å². The van der Waals surface area contributed by atoms with Crippen molar-refractivity contribution in [2.45, 2.75) is 32.9 Å². The van der Waals surface area contributed by atoms with Crippen molar-refractivity contribution in [1.82, 2.24) is 15.3 Å². The summed E-state index contributed by atoms with van der Waals surface area (Å²) in [7, 11) is 0. The molecule has 1 N–H and O–H groups in total. The number of nitrogens with zero attached hydrogens (tertiary/aromatic N) is 2. The van der Waals surface area contributed by atoms with Crippen molar-refractivity contribution < 1.29 is 0 Å². The molecule has 17 heavy (non-hydrogen) atoms. The van der Waals surface area contributed by atoms with E-state index in [1.165, 1.54) is 4.88 Å². The van der Waals surface area contributed by atoms with Crippen LogP contribution in [0.2, 0.25) is 0 Å². The molecule has 2 heterocycles. The maximum absolute atomic E-state index is 4.40. The van der Waals surface area contributed by atoms with E-state index in [0.29, 0.717) is 0 Å². The van der Waals surface area contributed by atoms with Crippen molar-refractivity contribution in [3.05, 3.63) is 46.2 Å². The van der Waals surface area contributed by atoms with E-state index in [4.69, 9.17) is 0 Å². The first-order valence-corrected chi connectivity index (χ1v) is 6.58. The van der Waals surface area contributed by atoms with Crippen LogP contribution in [0.1, 0.15) is 41.5 Å². The second-order valence-electron chi connectivity index (χ2n) is 4.17. The molecule has 3 nitrogen and oxygen atoms in total.